The highest BCUT2D eigenvalue weighted by molar-refractivity contribution is 6.34. The molecule has 0 saturated carbocycles. The molecule has 18 heavy (non-hydrogen) atoms. The fraction of sp³-hybridized carbons (Fsp3) is 0.538. The monoisotopic (exact) mass is 291 g/mol. The molecule has 0 radical (unpaired) electrons. The highest BCUT2D eigenvalue weighted by atomic mass is 35.5. The number of methoxy groups -OCH3 is 1. The molecule has 3 nitrogen and oxygen atoms in total. The van der Waals surface area contributed by atoms with Gasteiger partial charge in [-0.25, -0.2) is 0 Å². The molecule has 0 atom stereocenters. The summed E-state index contributed by atoms with van der Waals surface area (Å²) in [6.45, 7) is 4.71. The topological polar surface area (TPSA) is 32.7 Å². The Bertz CT molecular complexity index is 416. The number of hydrogen-bond donors (Lipinski definition) is 1. The molecule has 0 aliphatic carbocycles. The van der Waals surface area contributed by atoms with Crippen molar-refractivity contribution in [2.45, 2.75) is 26.0 Å². The Morgan fingerprint density at radius 3 is 2.39 bits per heavy atom. The second-order valence-electron chi connectivity index (χ2n) is 5.06. The number of hydrogen-bond acceptors (Lipinski definition) is 3. The van der Waals surface area contributed by atoms with Crippen LogP contribution in [-0.2, 0) is 6.54 Å². The summed E-state index contributed by atoms with van der Waals surface area (Å²) >= 11 is 12.2. The number of benzene rings is 1. The molecule has 0 heterocycles. The van der Waals surface area contributed by atoms with Crippen molar-refractivity contribution in [2.24, 2.45) is 0 Å². The van der Waals surface area contributed by atoms with Gasteiger partial charge in [-0.15, -0.1) is 0 Å². The second-order valence-corrected chi connectivity index (χ2v) is 5.88. The third-order valence-electron chi connectivity index (χ3n) is 2.42. The molecule has 1 aromatic carbocycles. The molecular formula is C13H19Cl2NO2. The lowest BCUT2D eigenvalue weighted by molar-refractivity contribution is 0.0425. The minimum atomic E-state index is -0.739. The fourth-order valence-corrected chi connectivity index (χ4v) is 2.33. The lowest BCUT2D eigenvalue weighted by Crippen LogP contribution is -2.35. The van der Waals surface area contributed by atoms with Gasteiger partial charge in [-0.05, 0) is 32.5 Å². The average molecular weight is 292 g/mol. The summed E-state index contributed by atoms with van der Waals surface area (Å²) in [5.41, 5.74) is 0.173. The molecule has 0 bridgehead atoms. The average Bonchev–Trinajstić information content (AvgIpc) is 2.20. The first-order valence-corrected chi connectivity index (χ1v) is 6.41. The van der Waals surface area contributed by atoms with Gasteiger partial charge in [-0.2, -0.15) is 0 Å². The molecule has 0 unspecified atom stereocenters. The van der Waals surface area contributed by atoms with E-state index in [0.29, 0.717) is 28.9 Å². The SMILES string of the molecule is COc1cc(Cl)c(CN(C)CC(C)(C)O)cc1Cl. The van der Waals surface area contributed by atoms with Gasteiger partial charge in [0, 0.05) is 24.2 Å². The number of aliphatic hydroxyl groups is 1. The summed E-state index contributed by atoms with van der Waals surface area (Å²) in [5, 5.41) is 10.9. The van der Waals surface area contributed by atoms with E-state index < -0.39 is 5.60 Å². The summed E-state index contributed by atoms with van der Waals surface area (Å²) in [7, 11) is 3.48. The van der Waals surface area contributed by atoms with E-state index in [4.69, 9.17) is 27.9 Å². The van der Waals surface area contributed by atoms with E-state index in [2.05, 4.69) is 0 Å². The molecule has 0 amide bonds. The van der Waals surface area contributed by atoms with Crippen LogP contribution in [0.25, 0.3) is 0 Å². The Morgan fingerprint density at radius 1 is 1.28 bits per heavy atom. The largest absolute Gasteiger partial charge is 0.495 e. The fourth-order valence-electron chi connectivity index (χ4n) is 1.85. The van der Waals surface area contributed by atoms with Crippen molar-refractivity contribution in [1.82, 2.24) is 4.90 Å². The molecule has 1 aromatic rings. The molecule has 1 N–H and O–H groups in total. The third kappa shape index (κ3) is 4.65. The first kappa shape index (κ1) is 15.6. The van der Waals surface area contributed by atoms with Crippen molar-refractivity contribution in [3.8, 4) is 5.75 Å². The van der Waals surface area contributed by atoms with Gasteiger partial charge in [0.25, 0.3) is 0 Å². The Kier molecular flexibility index (Phi) is 5.29. The molecule has 0 saturated heterocycles. The number of nitrogens with zero attached hydrogens (tertiary/aromatic N) is 1. The zero-order chi connectivity index (χ0) is 13.9. The summed E-state index contributed by atoms with van der Waals surface area (Å²) < 4.78 is 5.10. The van der Waals surface area contributed by atoms with Crippen LogP contribution >= 0.6 is 23.2 Å². The van der Waals surface area contributed by atoms with E-state index in [1.54, 1.807) is 33.1 Å². The zero-order valence-corrected chi connectivity index (χ0v) is 12.6. The minimum Gasteiger partial charge on any atom is -0.495 e. The number of rotatable bonds is 5. The van der Waals surface area contributed by atoms with Gasteiger partial charge in [0.2, 0.25) is 0 Å². The number of ether oxygens (including phenoxy) is 1. The third-order valence-corrected chi connectivity index (χ3v) is 3.07. The predicted molar refractivity (Wildman–Crippen MR) is 75.6 cm³/mol. The van der Waals surface area contributed by atoms with Crippen LogP contribution in [0.4, 0.5) is 0 Å². The van der Waals surface area contributed by atoms with Gasteiger partial charge in [0.15, 0.2) is 0 Å². The van der Waals surface area contributed by atoms with Gasteiger partial charge in [-0.1, -0.05) is 23.2 Å². The van der Waals surface area contributed by atoms with Crippen LogP contribution in [-0.4, -0.2) is 36.3 Å². The Balaban J connectivity index is 2.82. The maximum absolute atomic E-state index is 9.75. The highest BCUT2D eigenvalue weighted by Crippen LogP contribution is 2.31. The maximum Gasteiger partial charge on any atom is 0.138 e. The van der Waals surface area contributed by atoms with Gasteiger partial charge in [-0.3, -0.25) is 4.90 Å². The van der Waals surface area contributed by atoms with Crippen molar-refractivity contribution in [2.75, 3.05) is 20.7 Å². The van der Waals surface area contributed by atoms with Crippen LogP contribution in [0.15, 0.2) is 12.1 Å². The Morgan fingerprint density at radius 2 is 1.89 bits per heavy atom. The van der Waals surface area contributed by atoms with E-state index in [-0.39, 0.29) is 0 Å². The molecule has 0 aliphatic heterocycles. The normalized spacial score (nSPS) is 12.0. The predicted octanol–water partition coefficient (Wildman–Crippen LogP) is 3.20. The standard InChI is InChI=1S/C13H19Cl2NO2/c1-13(2,17)8-16(3)7-9-5-11(15)12(18-4)6-10(9)14/h5-6,17H,7-8H2,1-4H3. The first-order valence-electron chi connectivity index (χ1n) is 5.66. The molecule has 5 heteroatoms. The first-order chi connectivity index (χ1) is 8.23. The summed E-state index contributed by atoms with van der Waals surface area (Å²) in [5.74, 6) is 0.565. The molecular weight excluding hydrogens is 273 g/mol. The lowest BCUT2D eigenvalue weighted by atomic mass is 10.1. The van der Waals surface area contributed by atoms with Crippen LogP contribution in [0, 0.1) is 0 Å². The van der Waals surface area contributed by atoms with Crippen LogP contribution in [0.5, 0.6) is 5.75 Å². The van der Waals surface area contributed by atoms with Gasteiger partial charge in [0.05, 0.1) is 17.7 Å². The molecule has 0 aromatic heterocycles. The van der Waals surface area contributed by atoms with E-state index in [1.807, 2.05) is 11.9 Å². The molecule has 0 spiro atoms. The van der Waals surface area contributed by atoms with Gasteiger partial charge < -0.3 is 9.84 Å². The highest BCUT2D eigenvalue weighted by Gasteiger charge is 2.17. The van der Waals surface area contributed by atoms with Crippen LogP contribution in [0.2, 0.25) is 10.0 Å². The van der Waals surface area contributed by atoms with Crippen molar-refractivity contribution in [1.29, 1.82) is 0 Å². The molecule has 0 aliphatic rings. The zero-order valence-electron chi connectivity index (χ0n) is 11.1. The van der Waals surface area contributed by atoms with E-state index in [0.717, 1.165) is 5.56 Å². The summed E-state index contributed by atoms with van der Waals surface area (Å²) in [6.07, 6.45) is 0. The molecule has 102 valence electrons. The Labute approximate surface area is 118 Å². The van der Waals surface area contributed by atoms with Gasteiger partial charge in [0.1, 0.15) is 5.75 Å². The number of likely N-dealkylation sites (N-methyl/N-ethyl adjacent to an activating group) is 1. The van der Waals surface area contributed by atoms with E-state index in [9.17, 15) is 5.11 Å². The van der Waals surface area contributed by atoms with Crippen molar-refractivity contribution in [3.63, 3.8) is 0 Å². The molecule has 1 rings (SSSR count). The van der Waals surface area contributed by atoms with Gasteiger partial charge >= 0.3 is 0 Å². The van der Waals surface area contributed by atoms with Crippen molar-refractivity contribution < 1.29 is 9.84 Å². The summed E-state index contributed by atoms with van der Waals surface area (Å²) in [6, 6.07) is 3.50. The second kappa shape index (κ2) is 6.11. The quantitative estimate of drug-likeness (QED) is 0.904. The van der Waals surface area contributed by atoms with Crippen LogP contribution < -0.4 is 4.74 Å². The van der Waals surface area contributed by atoms with Crippen LogP contribution in [0.3, 0.4) is 0 Å². The van der Waals surface area contributed by atoms with E-state index >= 15 is 0 Å². The summed E-state index contributed by atoms with van der Waals surface area (Å²) in [4.78, 5) is 1.99. The van der Waals surface area contributed by atoms with E-state index in [1.165, 1.54) is 0 Å². The van der Waals surface area contributed by atoms with Crippen molar-refractivity contribution in [3.05, 3.63) is 27.7 Å². The smallest absolute Gasteiger partial charge is 0.138 e. The van der Waals surface area contributed by atoms with Crippen LogP contribution in [0.1, 0.15) is 19.4 Å². The molecule has 0 fully saturated rings. The lowest BCUT2D eigenvalue weighted by Gasteiger charge is -2.25. The Hall–Kier alpha value is -0.480. The minimum absolute atomic E-state index is 0.536. The maximum atomic E-state index is 9.75. The van der Waals surface area contributed by atoms with Crippen molar-refractivity contribution >= 4 is 23.2 Å². The number of halogens is 2.